The van der Waals surface area contributed by atoms with Gasteiger partial charge in [0, 0.05) is 38.3 Å². The molecule has 2 aromatic rings. The molecule has 0 saturated heterocycles. The lowest BCUT2D eigenvalue weighted by Gasteiger charge is -2.26. The summed E-state index contributed by atoms with van der Waals surface area (Å²) in [5.41, 5.74) is 4.48. The second-order valence-corrected chi connectivity index (χ2v) is 9.72. The van der Waals surface area contributed by atoms with Crippen LogP contribution in [0, 0.1) is 0 Å². The van der Waals surface area contributed by atoms with Crippen molar-refractivity contribution in [3.05, 3.63) is 77.0 Å². The van der Waals surface area contributed by atoms with E-state index in [4.69, 9.17) is 4.84 Å². The Morgan fingerprint density at radius 1 is 1.06 bits per heavy atom. The zero-order chi connectivity index (χ0) is 23.6. The molecule has 4 rings (SSSR count). The normalized spacial score (nSPS) is 16.9. The zero-order valence-corrected chi connectivity index (χ0v) is 18.3. The van der Waals surface area contributed by atoms with Gasteiger partial charge in [-0.3, -0.25) is 15.1 Å². The van der Waals surface area contributed by atoms with Gasteiger partial charge in [-0.1, -0.05) is 30.3 Å². The largest absolute Gasteiger partial charge is 0.416 e. The minimum atomic E-state index is -4.63. The summed E-state index contributed by atoms with van der Waals surface area (Å²) in [7, 11) is -4.08. The number of carbonyl (C=O) groups excluding carboxylic acids is 1. The third-order valence-corrected chi connectivity index (χ3v) is 7.42. The highest BCUT2D eigenvalue weighted by atomic mass is 32.2. The van der Waals surface area contributed by atoms with Crippen LogP contribution in [0.4, 0.5) is 13.2 Å². The fraction of sp³-hybridized carbons (Fsp3) is 0.318. The Bertz CT molecular complexity index is 1160. The molecule has 11 heteroatoms. The second kappa shape index (κ2) is 9.16. The van der Waals surface area contributed by atoms with Gasteiger partial charge in [0.1, 0.15) is 0 Å². The van der Waals surface area contributed by atoms with Crippen molar-refractivity contribution in [1.82, 2.24) is 14.7 Å². The number of benzene rings is 2. The maximum Gasteiger partial charge on any atom is 0.416 e. The van der Waals surface area contributed by atoms with E-state index in [0.29, 0.717) is 24.9 Å². The van der Waals surface area contributed by atoms with Gasteiger partial charge in [0.25, 0.3) is 5.91 Å². The Morgan fingerprint density at radius 2 is 1.76 bits per heavy atom. The Morgan fingerprint density at radius 3 is 2.36 bits per heavy atom. The molecule has 0 spiro atoms. The Hall–Kier alpha value is -2.89. The van der Waals surface area contributed by atoms with Crippen LogP contribution in [0.15, 0.2) is 65.2 Å². The van der Waals surface area contributed by atoms with Crippen LogP contribution in [0.2, 0.25) is 0 Å². The van der Waals surface area contributed by atoms with Crippen LogP contribution in [0.25, 0.3) is 0 Å². The van der Waals surface area contributed by atoms with Gasteiger partial charge in [-0.15, -0.1) is 0 Å². The van der Waals surface area contributed by atoms with Crippen LogP contribution in [0.5, 0.6) is 0 Å². The molecular formula is C22H22F3N3O4S. The van der Waals surface area contributed by atoms with E-state index in [9.17, 15) is 26.4 Å². The van der Waals surface area contributed by atoms with E-state index in [2.05, 4.69) is 5.48 Å². The zero-order valence-electron chi connectivity index (χ0n) is 17.5. The predicted molar refractivity (Wildman–Crippen MR) is 113 cm³/mol. The van der Waals surface area contributed by atoms with Crippen LogP contribution < -0.4 is 5.48 Å². The maximum atomic E-state index is 12.9. The lowest BCUT2D eigenvalue weighted by molar-refractivity contribution is -0.139. The average Bonchev–Trinajstić information content (AvgIpc) is 3.23. The molecule has 0 fully saturated rings. The molecule has 0 unspecified atom stereocenters. The van der Waals surface area contributed by atoms with Gasteiger partial charge in [0.05, 0.1) is 10.5 Å². The quantitative estimate of drug-likeness (QED) is 0.642. The number of nitrogens with one attached hydrogen (secondary N) is 1. The molecule has 33 heavy (non-hydrogen) atoms. The van der Waals surface area contributed by atoms with Crippen LogP contribution in [-0.2, 0) is 38.9 Å². The molecule has 176 valence electrons. The number of sulfonamides is 1. The van der Waals surface area contributed by atoms with E-state index in [0.717, 1.165) is 33.6 Å². The van der Waals surface area contributed by atoms with Gasteiger partial charge in [-0.25, -0.2) is 8.42 Å². The summed E-state index contributed by atoms with van der Waals surface area (Å²) in [5.74, 6) is -0.177. The molecule has 0 saturated carbocycles. The van der Waals surface area contributed by atoms with Crippen LogP contribution in [0.3, 0.4) is 0 Å². The molecule has 0 radical (unpaired) electrons. The first-order chi connectivity index (χ1) is 15.6. The van der Waals surface area contributed by atoms with E-state index >= 15 is 0 Å². The predicted octanol–water partition coefficient (Wildman–Crippen LogP) is 3.05. The first kappa shape index (κ1) is 23.3. The van der Waals surface area contributed by atoms with Crippen LogP contribution >= 0.6 is 0 Å². The van der Waals surface area contributed by atoms with Gasteiger partial charge >= 0.3 is 6.18 Å². The summed E-state index contributed by atoms with van der Waals surface area (Å²) in [5, 5.41) is 0. The highest BCUT2D eigenvalue weighted by Gasteiger charge is 2.33. The Kier molecular flexibility index (Phi) is 6.46. The SMILES string of the molecule is O=C(CONC1=CCN(S(=O)(=O)c2cccc(C(F)(F)F)c2)CC1)N1Cc2ccccc2C1. The lowest BCUT2D eigenvalue weighted by atomic mass is 10.1. The number of hydroxylamine groups is 1. The fourth-order valence-corrected chi connectivity index (χ4v) is 5.16. The van der Waals surface area contributed by atoms with Crippen molar-refractivity contribution in [2.45, 2.75) is 30.6 Å². The smallest absolute Gasteiger partial charge is 0.332 e. The number of fused-ring (bicyclic) bond motifs is 1. The van der Waals surface area contributed by atoms with Gasteiger partial charge in [0.2, 0.25) is 10.0 Å². The Labute approximate surface area is 189 Å². The molecular weight excluding hydrogens is 459 g/mol. The van der Waals surface area contributed by atoms with Gasteiger partial charge in [0.15, 0.2) is 6.61 Å². The summed E-state index contributed by atoms with van der Waals surface area (Å²) in [6, 6.07) is 11.5. The molecule has 0 aromatic heterocycles. The Balaban J connectivity index is 1.29. The first-order valence-corrected chi connectivity index (χ1v) is 11.7. The molecule has 2 aliphatic rings. The fourth-order valence-electron chi connectivity index (χ4n) is 3.73. The number of carbonyl (C=O) groups is 1. The van der Waals surface area contributed by atoms with Crippen LogP contribution in [-0.4, -0.2) is 43.2 Å². The molecule has 0 atom stereocenters. The van der Waals surface area contributed by atoms with Crippen molar-refractivity contribution in [3.63, 3.8) is 0 Å². The van der Waals surface area contributed by atoms with Crippen LogP contribution in [0.1, 0.15) is 23.1 Å². The summed E-state index contributed by atoms with van der Waals surface area (Å²) < 4.78 is 65.4. The van der Waals surface area contributed by atoms with E-state index in [1.807, 2.05) is 24.3 Å². The van der Waals surface area contributed by atoms with Crippen molar-refractivity contribution in [2.75, 3.05) is 19.7 Å². The lowest BCUT2D eigenvalue weighted by Crippen LogP contribution is -2.37. The van der Waals surface area contributed by atoms with E-state index < -0.39 is 26.7 Å². The molecule has 1 amide bonds. The number of hydrogen-bond acceptors (Lipinski definition) is 5. The molecule has 1 N–H and O–H groups in total. The van der Waals surface area contributed by atoms with Crippen molar-refractivity contribution in [3.8, 4) is 0 Å². The highest BCUT2D eigenvalue weighted by molar-refractivity contribution is 7.89. The average molecular weight is 481 g/mol. The highest BCUT2D eigenvalue weighted by Crippen LogP contribution is 2.31. The number of rotatable bonds is 6. The van der Waals surface area contributed by atoms with Gasteiger partial charge < -0.3 is 4.90 Å². The number of hydrogen-bond donors (Lipinski definition) is 1. The first-order valence-electron chi connectivity index (χ1n) is 10.2. The maximum absolute atomic E-state index is 12.9. The van der Waals surface area contributed by atoms with Crippen molar-refractivity contribution in [1.29, 1.82) is 0 Å². The van der Waals surface area contributed by atoms with E-state index in [1.165, 1.54) is 0 Å². The molecule has 2 aromatic carbocycles. The third kappa shape index (κ3) is 5.21. The number of nitrogens with zero attached hydrogens (tertiary/aromatic N) is 2. The topological polar surface area (TPSA) is 79.0 Å². The van der Waals surface area contributed by atoms with E-state index in [1.54, 1.807) is 11.0 Å². The number of alkyl halides is 3. The van der Waals surface area contributed by atoms with Crippen molar-refractivity contribution < 1.29 is 31.2 Å². The minimum Gasteiger partial charge on any atom is -0.332 e. The van der Waals surface area contributed by atoms with Crippen molar-refractivity contribution in [2.24, 2.45) is 0 Å². The monoisotopic (exact) mass is 481 g/mol. The molecule has 0 bridgehead atoms. The summed E-state index contributed by atoms with van der Waals surface area (Å²) in [4.78, 5) is 18.9. The molecule has 2 heterocycles. The standard InChI is InChI=1S/C22H22F3N3O4S/c23-22(24,25)18-6-3-7-20(12-18)33(30,31)28-10-8-19(9-11-28)26-32-15-21(29)27-13-16-4-1-2-5-17(16)14-27/h1-8,12,26H,9-11,13-15H2. The summed E-state index contributed by atoms with van der Waals surface area (Å²) in [6.07, 6.45) is -2.79. The number of amides is 1. The summed E-state index contributed by atoms with van der Waals surface area (Å²) in [6.45, 7) is 0.917. The second-order valence-electron chi connectivity index (χ2n) is 7.78. The molecule has 0 aliphatic carbocycles. The molecule has 2 aliphatic heterocycles. The van der Waals surface area contributed by atoms with Gasteiger partial charge in [-0.05, 0) is 35.4 Å². The van der Waals surface area contributed by atoms with Gasteiger partial charge in [-0.2, -0.15) is 17.5 Å². The number of halogens is 3. The van der Waals surface area contributed by atoms with Crippen molar-refractivity contribution >= 4 is 15.9 Å². The minimum absolute atomic E-state index is 0.0281. The summed E-state index contributed by atoms with van der Waals surface area (Å²) >= 11 is 0. The molecule has 7 nitrogen and oxygen atoms in total. The third-order valence-electron chi connectivity index (χ3n) is 5.56. The van der Waals surface area contributed by atoms with E-state index in [-0.39, 0.29) is 32.0 Å².